The monoisotopic (exact) mass is 788 g/mol. The molecule has 1 aliphatic heterocycles. The quantitative estimate of drug-likeness (QED) is 0.134. The van der Waals surface area contributed by atoms with Crippen LogP contribution in [0.2, 0.25) is 0 Å². The average molecular weight is 789 g/mol. The highest BCUT2D eigenvalue weighted by Crippen LogP contribution is 3.02. The molecule has 5 amide bonds. The molecule has 0 saturated carbocycles. The Bertz CT molecular complexity index is 2210. The van der Waals surface area contributed by atoms with Gasteiger partial charge in [-0.15, -0.1) is 0 Å². The SMILES string of the molecule is Cc1cc2cc(c1NC(=O)[C@H](CCN)NC(=O)c1cnc(-c3ccc(S(F)(F)(F)(F)F)cc3)nc1C)-c1cccc(c1)CC(=O)NCC(=O)NC(C(N)=O)C2. The first kappa shape index (κ1) is 40.2. The van der Waals surface area contributed by atoms with Crippen LogP contribution < -0.4 is 32.7 Å². The second kappa shape index (κ2) is 14.7. The smallest absolute Gasteiger partial charge is 0.310 e. The lowest BCUT2D eigenvalue weighted by atomic mass is 9.93. The molecule has 4 bridgehead atoms. The summed E-state index contributed by atoms with van der Waals surface area (Å²) in [6.07, 6.45) is 1.02. The lowest BCUT2D eigenvalue weighted by molar-refractivity contribution is -0.128. The summed E-state index contributed by atoms with van der Waals surface area (Å²) in [4.78, 5) is 70.8. The molecule has 2 atom stereocenters. The van der Waals surface area contributed by atoms with Crippen LogP contribution in [-0.2, 0) is 32.0 Å². The Labute approximate surface area is 311 Å². The number of halogens is 5. The van der Waals surface area contributed by atoms with Crippen molar-refractivity contribution in [2.24, 2.45) is 11.5 Å². The number of nitrogens with two attached hydrogens (primary N) is 2. The Morgan fingerprint density at radius 3 is 2.29 bits per heavy atom. The second-order valence-corrected chi connectivity index (χ2v) is 15.4. The van der Waals surface area contributed by atoms with Crippen molar-refractivity contribution in [1.82, 2.24) is 25.9 Å². The van der Waals surface area contributed by atoms with E-state index < -0.39 is 56.7 Å². The highest BCUT2D eigenvalue weighted by molar-refractivity contribution is 8.45. The van der Waals surface area contributed by atoms with E-state index in [1.165, 1.54) is 6.92 Å². The van der Waals surface area contributed by atoms with Crippen molar-refractivity contribution >= 4 is 45.4 Å². The molecule has 2 heterocycles. The Balaban J connectivity index is 1.42. The number of primary amides is 1. The van der Waals surface area contributed by atoms with Gasteiger partial charge in [0.15, 0.2) is 5.82 Å². The zero-order valence-electron chi connectivity index (χ0n) is 29.4. The number of benzene rings is 3. The molecule has 3 aromatic carbocycles. The zero-order valence-corrected chi connectivity index (χ0v) is 30.2. The summed E-state index contributed by atoms with van der Waals surface area (Å²) in [5.74, 6) is -3.40. The van der Waals surface area contributed by atoms with E-state index in [2.05, 4.69) is 31.2 Å². The third-order valence-corrected chi connectivity index (χ3v) is 9.83. The van der Waals surface area contributed by atoms with Crippen molar-refractivity contribution in [3.8, 4) is 22.5 Å². The van der Waals surface area contributed by atoms with Crippen molar-refractivity contribution < 1.29 is 43.4 Å². The average Bonchev–Trinajstić information content (AvgIpc) is 3.10. The molecule has 19 heteroatoms. The Hall–Kier alpha value is -5.95. The molecule has 8 N–H and O–H groups in total. The molecule has 13 nitrogen and oxygen atoms in total. The summed E-state index contributed by atoms with van der Waals surface area (Å²) in [5, 5.41) is 10.6. The summed E-state index contributed by atoms with van der Waals surface area (Å²) < 4.78 is 65.8. The van der Waals surface area contributed by atoms with Crippen LogP contribution in [0.4, 0.5) is 25.1 Å². The van der Waals surface area contributed by atoms with Crippen LogP contribution in [0, 0.1) is 13.8 Å². The number of hydrogen-bond acceptors (Lipinski definition) is 8. The van der Waals surface area contributed by atoms with E-state index in [0.29, 0.717) is 33.5 Å². The molecule has 0 radical (unpaired) electrons. The molecule has 55 heavy (non-hydrogen) atoms. The van der Waals surface area contributed by atoms with Crippen LogP contribution >= 0.6 is 10.2 Å². The van der Waals surface area contributed by atoms with Crippen LogP contribution in [0.5, 0.6) is 0 Å². The standard InChI is InChI=1S/C36H37F5N8O5S/c1-19-12-22-14-26(24-5-3-4-21(13-24)16-30(50)44-18-31(51)47-29(15-22)33(43)52)32(19)49-36(54)28(10-11-42)48-35(53)27-17-45-34(46-20(27)2)23-6-8-25(9-7-23)55(37,38,39,40)41/h3-9,12-14,17,28-29H,10-11,15-16,18,42H2,1-2H3,(H2,43,52)(H,44,50)(H,47,51)(H,48,53)(H,49,54)/t28-,29?/m0/s1. The molecule has 292 valence electrons. The van der Waals surface area contributed by atoms with Gasteiger partial charge >= 0.3 is 10.2 Å². The first-order chi connectivity index (χ1) is 25.6. The molecular formula is C36H37F5N8O5S. The summed E-state index contributed by atoms with van der Waals surface area (Å²) in [5.41, 5.74) is 14.6. The van der Waals surface area contributed by atoms with Gasteiger partial charge in [-0.05, 0) is 79.4 Å². The number of anilines is 1. The summed E-state index contributed by atoms with van der Waals surface area (Å²) in [6, 6.07) is 10.2. The van der Waals surface area contributed by atoms with Crippen LogP contribution in [0.15, 0.2) is 71.8 Å². The number of aromatic nitrogens is 2. The predicted octanol–water partition coefficient (Wildman–Crippen LogP) is 4.36. The van der Waals surface area contributed by atoms with Crippen molar-refractivity contribution in [3.05, 3.63) is 94.8 Å². The first-order valence-electron chi connectivity index (χ1n) is 16.7. The fraction of sp³-hybridized carbons (Fsp3) is 0.250. The number of aryl methyl sites for hydroxylation is 2. The van der Waals surface area contributed by atoms with Gasteiger partial charge < -0.3 is 32.7 Å². The van der Waals surface area contributed by atoms with Crippen molar-refractivity contribution in [3.63, 3.8) is 0 Å². The minimum atomic E-state index is -9.89. The molecule has 0 fully saturated rings. The third kappa shape index (κ3) is 9.98. The number of nitrogens with one attached hydrogen (secondary N) is 4. The fourth-order valence-corrected chi connectivity index (χ4v) is 6.58. The van der Waals surface area contributed by atoms with Gasteiger partial charge in [-0.2, -0.15) is 0 Å². The number of rotatable bonds is 9. The van der Waals surface area contributed by atoms with E-state index in [9.17, 15) is 43.4 Å². The van der Waals surface area contributed by atoms with Gasteiger partial charge in [0.2, 0.25) is 23.6 Å². The van der Waals surface area contributed by atoms with Gasteiger partial charge in [0.25, 0.3) is 5.91 Å². The number of carbonyl (C=O) groups is 5. The Morgan fingerprint density at radius 2 is 1.65 bits per heavy atom. The lowest BCUT2D eigenvalue weighted by Crippen LogP contribution is -2.49. The highest BCUT2D eigenvalue weighted by Gasteiger charge is 2.65. The largest absolute Gasteiger partial charge is 0.368 e. The van der Waals surface area contributed by atoms with Gasteiger partial charge in [-0.25, -0.2) is 9.97 Å². The Kier molecular flexibility index (Phi) is 10.8. The minimum Gasteiger partial charge on any atom is -0.368 e. The summed E-state index contributed by atoms with van der Waals surface area (Å²) in [7, 11) is -9.89. The van der Waals surface area contributed by atoms with Gasteiger partial charge in [0.1, 0.15) is 17.0 Å². The van der Waals surface area contributed by atoms with E-state index in [0.717, 1.165) is 18.3 Å². The number of hydrogen-bond donors (Lipinski definition) is 6. The molecule has 4 aromatic rings. The van der Waals surface area contributed by atoms with E-state index >= 15 is 0 Å². The molecule has 1 aromatic heterocycles. The lowest BCUT2D eigenvalue weighted by Gasteiger charge is -2.40. The molecular weight excluding hydrogens is 752 g/mol. The maximum atomic E-state index is 13.9. The van der Waals surface area contributed by atoms with E-state index in [1.807, 2.05) is 0 Å². The molecule has 5 rings (SSSR count). The van der Waals surface area contributed by atoms with E-state index in [1.54, 1.807) is 43.3 Å². The first-order valence-corrected chi connectivity index (χ1v) is 18.6. The normalized spacial score (nSPS) is 16.6. The predicted molar refractivity (Wildman–Crippen MR) is 195 cm³/mol. The molecule has 0 aliphatic carbocycles. The minimum absolute atomic E-state index is 0.00125. The van der Waals surface area contributed by atoms with Crippen LogP contribution in [0.1, 0.15) is 39.2 Å². The van der Waals surface area contributed by atoms with Crippen molar-refractivity contribution in [1.29, 1.82) is 0 Å². The number of amides is 5. The fourth-order valence-electron chi connectivity index (χ4n) is 5.92. The molecule has 0 spiro atoms. The van der Waals surface area contributed by atoms with Gasteiger partial charge in [0, 0.05) is 23.7 Å². The maximum Gasteiger partial charge on any atom is 0.310 e. The summed E-state index contributed by atoms with van der Waals surface area (Å²) >= 11 is 0. The number of fused-ring (bicyclic) bond motifs is 5. The van der Waals surface area contributed by atoms with Crippen molar-refractivity contribution in [2.75, 3.05) is 18.4 Å². The maximum absolute atomic E-state index is 13.9. The van der Waals surface area contributed by atoms with Crippen LogP contribution in [0.25, 0.3) is 22.5 Å². The molecule has 1 unspecified atom stereocenters. The molecule has 1 aliphatic rings. The van der Waals surface area contributed by atoms with Crippen LogP contribution in [0.3, 0.4) is 0 Å². The molecule has 0 saturated heterocycles. The summed E-state index contributed by atoms with van der Waals surface area (Å²) in [6.45, 7) is 2.76. The Morgan fingerprint density at radius 1 is 0.945 bits per heavy atom. The zero-order chi connectivity index (χ0) is 40.4. The van der Waals surface area contributed by atoms with E-state index in [-0.39, 0.29) is 67.1 Å². The topological polar surface area (TPSA) is 211 Å². The van der Waals surface area contributed by atoms with Gasteiger partial charge in [0.05, 0.1) is 29.9 Å². The second-order valence-electron chi connectivity index (χ2n) is 13.0. The van der Waals surface area contributed by atoms with Crippen molar-refractivity contribution in [2.45, 2.75) is 50.1 Å². The number of carbonyl (C=O) groups excluding carboxylic acids is 5. The number of nitrogens with zero attached hydrogens (tertiary/aromatic N) is 2. The van der Waals surface area contributed by atoms with Gasteiger partial charge in [-0.1, -0.05) is 49.8 Å². The third-order valence-electron chi connectivity index (χ3n) is 8.67. The van der Waals surface area contributed by atoms with Crippen LogP contribution in [-0.4, -0.2) is 64.7 Å². The van der Waals surface area contributed by atoms with E-state index in [4.69, 9.17) is 11.5 Å². The van der Waals surface area contributed by atoms with Gasteiger partial charge in [-0.3, -0.25) is 24.0 Å². The highest BCUT2D eigenvalue weighted by atomic mass is 32.5.